The van der Waals surface area contributed by atoms with E-state index in [2.05, 4.69) is 169 Å². The largest absolute Gasteiger partial charge is 0.309 e. The Balaban J connectivity index is 1.09. The van der Waals surface area contributed by atoms with Gasteiger partial charge in [0.1, 0.15) is 0 Å². The third-order valence-electron chi connectivity index (χ3n) is 9.59. The van der Waals surface area contributed by atoms with E-state index in [-0.39, 0.29) is 0 Å². The second kappa shape index (κ2) is 12.5. The van der Waals surface area contributed by atoms with E-state index in [1.807, 2.05) is 24.3 Å². The van der Waals surface area contributed by atoms with Gasteiger partial charge >= 0.3 is 0 Å². The first-order valence-electron chi connectivity index (χ1n) is 17.0. The maximum absolute atomic E-state index is 5.17. The van der Waals surface area contributed by atoms with Crippen molar-refractivity contribution < 1.29 is 0 Å². The van der Waals surface area contributed by atoms with Crippen LogP contribution in [0.5, 0.6) is 0 Å². The molecule has 0 amide bonds. The second-order valence-corrected chi connectivity index (χ2v) is 12.7. The van der Waals surface area contributed by atoms with Gasteiger partial charge in [0.2, 0.25) is 0 Å². The lowest BCUT2D eigenvalue weighted by Crippen LogP contribution is -1.98. The topological polar surface area (TPSA) is 30.7 Å². The highest BCUT2D eigenvalue weighted by Crippen LogP contribution is 2.38. The average molecular weight is 640 g/mol. The summed E-state index contributed by atoms with van der Waals surface area (Å²) < 4.78 is 2.36. The quantitative estimate of drug-likeness (QED) is 0.181. The minimum Gasteiger partial charge on any atom is -0.309 e. The zero-order chi connectivity index (χ0) is 33.4. The van der Waals surface area contributed by atoms with Gasteiger partial charge in [-0.25, -0.2) is 9.97 Å². The third-order valence-corrected chi connectivity index (χ3v) is 9.59. The molecule has 0 fully saturated rings. The van der Waals surface area contributed by atoms with E-state index >= 15 is 0 Å². The second-order valence-electron chi connectivity index (χ2n) is 12.7. The highest BCUT2D eigenvalue weighted by atomic mass is 15.0. The molecule has 0 aliphatic carbocycles. The molecule has 0 bridgehead atoms. The Morgan fingerprint density at radius 3 is 1.56 bits per heavy atom. The predicted molar refractivity (Wildman–Crippen MR) is 208 cm³/mol. The number of rotatable bonds is 6. The number of aromatic nitrogens is 3. The SMILES string of the molecule is Cc1cccc(-c2ccc(-c3ccc(-n4c5ccccc5c5ccccc54)cc3)cc2)c1-c1cc(-c2ccccc2)nc(-c2ccccc2)n1. The highest BCUT2D eigenvalue weighted by molar-refractivity contribution is 6.09. The molecular weight excluding hydrogens is 607 g/mol. The first-order valence-corrected chi connectivity index (χ1v) is 17.0. The van der Waals surface area contributed by atoms with Crippen LogP contribution in [0.25, 0.3) is 83.6 Å². The monoisotopic (exact) mass is 639 g/mol. The van der Waals surface area contributed by atoms with E-state index in [0.717, 1.165) is 50.7 Å². The van der Waals surface area contributed by atoms with Gasteiger partial charge in [-0.05, 0) is 65.1 Å². The lowest BCUT2D eigenvalue weighted by atomic mass is 9.92. The highest BCUT2D eigenvalue weighted by Gasteiger charge is 2.17. The Bertz CT molecular complexity index is 2510. The van der Waals surface area contributed by atoms with E-state index in [1.165, 1.54) is 38.5 Å². The predicted octanol–water partition coefficient (Wildman–Crippen LogP) is 12.2. The van der Waals surface area contributed by atoms with Crippen molar-refractivity contribution >= 4 is 21.8 Å². The number of hydrogen-bond donors (Lipinski definition) is 0. The van der Waals surface area contributed by atoms with Crippen LogP contribution in [0.15, 0.2) is 182 Å². The molecule has 0 aliphatic heterocycles. The number of nitrogens with zero attached hydrogens (tertiary/aromatic N) is 3. The third kappa shape index (κ3) is 5.26. The van der Waals surface area contributed by atoms with Gasteiger partial charge in [-0.15, -0.1) is 0 Å². The van der Waals surface area contributed by atoms with E-state index < -0.39 is 0 Å². The molecular formula is C47H33N3. The summed E-state index contributed by atoms with van der Waals surface area (Å²) in [6.45, 7) is 2.17. The Kier molecular flexibility index (Phi) is 7.37. The van der Waals surface area contributed by atoms with Crippen LogP contribution < -0.4 is 0 Å². The zero-order valence-electron chi connectivity index (χ0n) is 27.7. The fourth-order valence-corrected chi connectivity index (χ4v) is 7.14. The number of fused-ring (bicyclic) bond motifs is 3. The van der Waals surface area contributed by atoms with Crippen molar-refractivity contribution in [2.75, 3.05) is 0 Å². The Morgan fingerprint density at radius 2 is 0.920 bits per heavy atom. The molecule has 0 atom stereocenters. The number of aryl methyl sites for hydroxylation is 1. The van der Waals surface area contributed by atoms with Crippen molar-refractivity contribution in [2.24, 2.45) is 0 Å². The fourth-order valence-electron chi connectivity index (χ4n) is 7.14. The molecule has 236 valence electrons. The van der Waals surface area contributed by atoms with Gasteiger partial charge < -0.3 is 4.57 Å². The van der Waals surface area contributed by atoms with Gasteiger partial charge in [-0.3, -0.25) is 0 Å². The molecule has 2 heterocycles. The van der Waals surface area contributed by atoms with Crippen molar-refractivity contribution in [3.63, 3.8) is 0 Å². The molecule has 9 aromatic rings. The Morgan fingerprint density at radius 1 is 0.400 bits per heavy atom. The van der Waals surface area contributed by atoms with Gasteiger partial charge in [0.25, 0.3) is 0 Å². The van der Waals surface area contributed by atoms with Crippen LogP contribution in [0.1, 0.15) is 5.56 Å². The van der Waals surface area contributed by atoms with Crippen LogP contribution in [0.4, 0.5) is 0 Å². The van der Waals surface area contributed by atoms with Crippen LogP contribution in [-0.4, -0.2) is 14.5 Å². The zero-order valence-corrected chi connectivity index (χ0v) is 27.7. The number of hydrogen-bond acceptors (Lipinski definition) is 2. The summed E-state index contributed by atoms with van der Waals surface area (Å²) in [6.07, 6.45) is 0. The molecule has 0 radical (unpaired) electrons. The van der Waals surface area contributed by atoms with Crippen LogP contribution in [0.3, 0.4) is 0 Å². The smallest absolute Gasteiger partial charge is 0.160 e. The van der Waals surface area contributed by atoms with Crippen LogP contribution in [0.2, 0.25) is 0 Å². The summed E-state index contributed by atoms with van der Waals surface area (Å²) in [5, 5.41) is 2.54. The Hall–Kier alpha value is -6.58. The minimum absolute atomic E-state index is 0.718. The van der Waals surface area contributed by atoms with Crippen LogP contribution in [-0.2, 0) is 0 Å². The lowest BCUT2D eigenvalue weighted by Gasteiger charge is -2.16. The minimum atomic E-state index is 0.718. The van der Waals surface area contributed by atoms with E-state index in [0.29, 0.717) is 0 Å². The van der Waals surface area contributed by atoms with Crippen molar-refractivity contribution in [1.29, 1.82) is 0 Å². The molecule has 0 aliphatic rings. The fraction of sp³-hybridized carbons (Fsp3) is 0.0213. The maximum atomic E-state index is 5.17. The normalized spacial score (nSPS) is 11.3. The molecule has 50 heavy (non-hydrogen) atoms. The van der Waals surface area contributed by atoms with Gasteiger partial charge in [-0.2, -0.15) is 0 Å². The van der Waals surface area contributed by atoms with Gasteiger partial charge in [0, 0.05) is 33.2 Å². The maximum Gasteiger partial charge on any atom is 0.160 e. The van der Waals surface area contributed by atoms with Gasteiger partial charge in [0.05, 0.1) is 22.4 Å². The average Bonchev–Trinajstić information content (AvgIpc) is 3.53. The molecule has 0 unspecified atom stereocenters. The van der Waals surface area contributed by atoms with Crippen molar-refractivity contribution in [3.8, 4) is 61.8 Å². The summed E-state index contributed by atoms with van der Waals surface area (Å²) >= 11 is 0. The molecule has 3 heteroatoms. The standard InChI is InChI=1S/C47H33N3/c1-32-13-12-20-39(46(32)43-31-42(36-14-4-2-5-15-36)48-47(49-43)37-16-6-3-7-17-37)35-25-23-33(24-26-35)34-27-29-38(30-28-34)50-44-21-10-8-18-40(44)41-19-9-11-22-45(41)50/h2-31H,1H3. The van der Waals surface area contributed by atoms with Gasteiger partial charge in [-0.1, -0.05) is 152 Å². The molecule has 3 nitrogen and oxygen atoms in total. The summed E-state index contributed by atoms with van der Waals surface area (Å²) in [7, 11) is 0. The van der Waals surface area contributed by atoms with Crippen molar-refractivity contribution in [1.82, 2.24) is 14.5 Å². The molecule has 7 aromatic carbocycles. The Labute approximate surface area is 291 Å². The molecule has 2 aromatic heterocycles. The number of para-hydroxylation sites is 2. The van der Waals surface area contributed by atoms with Crippen LogP contribution in [0, 0.1) is 6.92 Å². The van der Waals surface area contributed by atoms with E-state index in [1.54, 1.807) is 0 Å². The molecule has 0 saturated carbocycles. The summed E-state index contributed by atoms with van der Waals surface area (Å²) in [4.78, 5) is 10.2. The molecule has 0 saturated heterocycles. The molecule has 0 spiro atoms. The van der Waals surface area contributed by atoms with Crippen molar-refractivity contribution in [2.45, 2.75) is 6.92 Å². The van der Waals surface area contributed by atoms with Crippen molar-refractivity contribution in [3.05, 3.63) is 188 Å². The van der Waals surface area contributed by atoms with Crippen LogP contribution >= 0.6 is 0 Å². The lowest BCUT2D eigenvalue weighted by molar-refractivity contribution is 1.18. The van der Waals surface area contributed by atoms with Gasteiger partial charge in [0.15, 0.2) is 5.82 Å². The van der Waals surface area contributed by atoms with E-state index in [9.17, 15) is 0 Å². The molecule has 0 N–H and O–H groups in total. The number of benzene rings is 7. The molecule has 9 rings (SSSR count). The summed E-state index contributed by atoms with van der Waals surface area (Å²) in [5.74, 6) is 0.718. The van der Waals surface area contributed by atoms with E-state index in [4.69, 9.17) is 9.97 Å². The summed E-state index contributed by atoms with van der Waals surface area (Å²) in [5.41, 5.74) is 14.4. The first-order chi connectivity index (χ1) is 24.7. The summed E-state index contributed by atoms with van der Waals surface area (Å²) in [6, 6.07) is 64.3. The first kappa shape index (κ1) is 29.6.